The molecule has 0 unspecified atom stereocenters. The van der Waals surface area contributed by atoms with Gasteiger partial charge in [0.1, 0.15) is 0 Å². The van der Waals surface area contributed by atoms with E-state index in [0.717, 1.165) is 5.56 Å². The molecule has 18 heavy (non-hydrogen) atoms. The molecule has 0 fully saturated rings. The van der Waals surface area contributed by atoms with Gasteiger partial charge >= 0.3 is 0 Å². The summed E-state index contributed by atoms with van der Waals surface area (Å²) in [5.74, 6) is -0.116. The number of halogens is 1. The van der Waals surface area contributed by atoms with Crippen molar-refractivity contribution in [2.75, 3.05) is 33.5 Å². The van der Waals surface area contributed by atoms with Gasteiger partial charge in [0.25, 0.3) is 0 Å². The summed E-state index contributed by atoms with van der Waals surface area (Å²) in [6.07, 6.45) is 0.491. The minimum Gasteiger partial charge on any atom is -0.490 e. The Bertz CT molecular complexity index is 347. The van der Waals surface area contributed by atoms with Crippen LogP contribution in [0.1, 0.15) is 12.0 Å². The van der Waals surface area contributed by atoms with Crippen LogP contribution in [0.3, 0.4) is 0 Å². The van der Waals surface area contributed by atoms with Gasteiger partial charge in [-0.05, 0) is 6.07 Å². The Labute approximate surface area is 107 Å². The standard InChI is InChI=1S/C13H20FNO3/c1-17-9-6-15-10-11-4-2-5-12(14)13(11)18-8-3-7-16/h2,4-5,15-16H,3,6-10H2,1H3. The van der Waals surface area contributed by atoms with Gasteiger partial charge in [-0.2, -0.15) is 0 Å². The molecule has 0 saturated heterocycles. The number of aliphatic hydroxyl groups excluding tert-OH is 1. The SMILES string of the molecule is COCCNCc1cccc(F)c1OCCCO. The number of para-hydroxylation sites is 1. The first-order valence-electron chi connectivity index (χ1n) is 6.00. The molecule has 0 aliphatic rings. The Morgan fingerprint density at radius 2 is 2.17 bits per heavy atom. The monoisotopic (exact) mass is 257 g/mol. The van der Waals surface area contributed by atoms with E-state index >= 15 is 0 Å². The molecule has 0 spiro atoms. The van der Waals surface area contributed by atoms with Crippen LogP contribution in [0.4, 0.5) is 4.39 Å². The van der Waals surface area contributed by atoms with Crippen molar-refractivity contribution in [3.05, 3.63) is 29.6 Å². The van der Waals surface area contributed by atoms with Gasteiger partial charge in [0, 0.05) is 38.8 Å². The van der Waals surface area contributed by atoms with E-state index in [4.69, 9.17) is 14.6 Å². The summed E-state index contributed by atoms with van der Waals surface area (Å²) in [4.78, 5) is 0. The Hall–Kier alpha value is -1.17. The zero-order chi connectivity index (χ0) is 13.2. The molecule has 0 bridgehead atoms. The zero-order valence-corrected chi connectivity index (χ0v) is 10.6. The number of benzene rings is 1. The third-order valence-electron chi connectivity index (χ3n) is 2.40. The normalized spacial score (nSPS) is 10.6. The van der Waals surface area contributed by atoms with Crippen molar-refractivity contribution in [1.29, 1.82) is 0 Å². The maximum Gasteiger partial charge on any atom is 0.165 e. The maximum atomic E-state index is 13.6. The Morgan fingerprint density at radius 1 is 1.33 bits per heavy atom. The van der Waals surface area contributed by atoms with E-state index < -0.39 is 0 Å². The highest BCUT2D eigenvalue weighted by Crippen LogP contribution is 2.22. The zero-order valence-electron chi connectivity index (χ0n) is 10.6. The van der Waals surface area contributed by atoms with Gasteiger partial charge in [0.2, 0.25) is 0 Å². The average Bonchev–Trinajstić information content (AvgIpc) is 2.37. The Balaban J connectivity index is 2.56. The van der Waals surface area contributed by atoms with Crippen molar-refractivity contribution in [3.63, 3.8) is 0 Å². The summed E-state index contributed by atoms with van der Waals surface area (Å²) in [6, 6.07) is 4.84. The molecule has 0 amide bonds. The summed E-state index contributed by atoms with van der Waals surface area (Å²) in [6.45, 7) is 2.17. The topological polar surface area (TPSA) is 50.7 Å². The van der Waals surface area contributed by atoms with Gasteiger partial charge in [-0.25, -0.2) is 4.39 Å². The fourth-order valence-corrected chi connectivity index (χ4v) is 1.49. The second-order valence-electron chi connectivity index (χ2n) is 3.82. The molecule has 0 aromatic heterocycles. The van der Waals surface area contributed by atoms with E-state index in [1.807, 2.05) is 6.07 Å². The summed E-state index contributed by atoms with van der Waals surface area (Å²) >= 11 is 0. The minimum atomic E-state index is -0.376. The lowest BCUT2D eigenvalue weighted by Gasteiger charge is -2.12. The quantitative estimate of drug-likeness (QED) is 0.655. The fourth-order valence-electron chi connectivity index (χ4n) is 1.49. The van der Waals surface area contributed by atoms with Crippen molar-refractivity contribution >= 4 is 0 Å². The molecule has 0 heterocycles. The molecule has 4 nitrogen and oxygen atoms in total. The average molecular weight is 257 g/mol. The number of aliphatic hydroxyl groups is 1. The van der Waals surface area contributed by atoms with E-state index in [9.17, 15) is 4.39 Å². The van der Waals surface area contributed by atoms with Crippen LogP contribution in [-0.2, 0) is 11.3 Å². The van der Waals surface area contributed by atoms with Crippen LogP contribution in [0, 0.1) is 5.82 Å². The van der Waals surface area contributed by atoms with Crippen LogP contribution in [0.5, 0.6) is 5.75 Å². The summed E-state index contributed by atoms with van der Waals surface area (Å²) in [7, 11) is 1.63. The first kappa shape index (κ1) is 14.9. The van der Waals surface area contributed by atoms with Crippen molar-refractivity contribution < 1.29 is 19.0 Å². The molecule has 0 saturated carbocycles. The van der Waals surface area contributed by atoms with Crippen LogP contribution in [0.15, 0.2) is 18.2 Å². The van der Waals surface area contributed by atoms with E-state index in [1.54, 1.807) is 13.2 Å². The Morgan fingerprint density at radius 3 is 2.89 bits per heavy atom. The first-order valence-corrected chi connectivity index (χ1v) is 6.00. The predicted molar refractivity (Wildman–Crippen MR) is 67.2 cm³/mol. The number of nitrogens with one attached hydrogen (secondary N) is 1. The third-order valence-corrected chi connectivity index (χ3v) is 2.40. The highest BCUT2D eigenvalue weighted by molar-refractivity contribution is 5.34. The third kappa shape index (κ3) is 5.00. The summed E-state index contributed by atoms with van der Waals surface area (Å²) in [5, 5.41) is 11.8. The van der Waals surface area contributed by atoms with E-state index in [2.05, 4.69) is 5.32 Å². The number of ether oxygens (including phenoxy) is 2. The molecular weight excluding hydrogens is 237 g/mol. The number of methoxy groups -OCH3 is 1. The number of hydrogen-bond donors (Lipinski definition) is 2. The lowest BCUT2D eigenvalue weighted by molar-refractivity contribution is 0.198. The molecule has 1 rings (SSSR count). The maximum absolute atomic E-state index is 13.6. The van der Waals surface area contributed by atoms with Crippen molar-refractivity contribution in [2.24, 2.45) is 0 Å². The second kappa shape index (κ2) is 8.85. The van der Waals surface area contributed by atoms with Crippen LogP contribution in [0.2, 0.25) is 0 Å². The fraction of sp³-hybridized carbons (Fsp3) is 0.538. The van der Waals surface area contributed by atoms with E-state index in [-0.39, 0.29) is 18.2 Å². The van der Waals surface area contributed by atoms with Crippen LogP contribution < -0.4 is 10.1 Å². The minimum absolute atomic E-state index is 0.0376. The van der Waals surface area contributed by atoms with E-state index in [1.165, 1.54) is 6.07 Å². The van der Waals surface area contributed by atoms with Crippen molar-refractivity contribution in [3.8, 4) is 5.75 Å². The molecule has 1 aromatic rings. The first-order chi connectivity index (χ1) is 8.79. The molecule has 2 N–H and O–H groups in total. The molecule has 0 aliphatic heterocycles. The van der Waals surface area contributed by atoms with E-state index in [0.29, 0.717) is 32.7 Å². The van der Waals surface area contributed by atoms with Crippen molar-refractivity contribution in [1.82, 2.24) is 5.32 Å². The van der Waals surface area contributed by atoms with Gasteiger partial charge in [0.05, 0.1) is 13.2 Å². The van der Waals surface area contributed by atoms with Crippen LogP contribution in [-0.4, -0.2) is 38.6 Å². The van der Waals surface area contributed by atoms with Crippen LogP contribution >= 0.6 is 0 Å². The largest absolute Gasteiger partial charge is 0.490 e. The van der Waals surface area contributed by atoms with Crippen LogP contribution in [0.25, 0.3) is 0 Å². The predicted octanol–water partition coefficient (Wildman–Crippen LogP) is 1.32. The van der Waals surface area contributed by atoms with Gasteiger partial charge < -0.3 is 19.9 Å². The van der Waals surface area contributed by atoms with Gasteiger partial charge in [-0.15, -0.1) is 0 Å². The highest BCUT2D eigenvalue weighted by Gasteiger charge is 2.09. The van der Waals surface area contributed by atoms with Gasteiger partial charge in [-0.1, -0.05) is 12.1 Å². The highest BCUT2D eigenvalue weighted by atomic mass is 19.1. The molecule has 1 aromatic carbocycles. The summed E-state index contributed by atoms with van der Waals surface area (Å²) in [5.41, 5.74) is 0.768. The van der Waals surface area contributed by atoms with Crippen molar-refractivity contribution in [2.45, 2.75) is 13.0 Å². The Kier molecular flexibility index (Phi) is 7.32. The lowest BCUT2D eigenvalue weighted by Crippen LogP contribution is -2.19. The lowest BCUT2D eigenvalue weighted by atomic mass is 10.2. The molecule has 0 atom stereocenters. The molecule has 0 aliphatic carbocycles. The van der Waals surface area contributed by atoms with Gasteiger partial charge in [-0.3, -0.25) is 0 Å². The molecular formula is C13H20FNO3. The molecule has 5 heteroatoms. The molecule has 0 radical (unpaired) electrons. The molecule has 102 valence electrons. The summed E-state index contributed by atoms with van der Waals surface area (Å²) < 4.78 is 23.9. The number of rotatable bonds is 9. The van der Waals surface area contributed by atoms with Gasteiger partial charge in [0.15, 0.2) is 11.6 Å². The number of hydrogen-bond acceptors (Lipinski definition) is 4. The second-order valence-corrected chi connectivity index (χ2v) is 3.82. The smallest absolute Gasteiger partial charge is 0.165 e.